The minimum Gasteiger partial charge on any atom is -0.454 e. The first-order valence-electron chi connectivity index (χ1n) is 8.02. The molecule has 2 aromatic carbocycles. The summed E-state index contributed by atoms with van der Waals surface area (Å²) < 4.78 is 25.7. The Bertz CT molecular complexity index is 867. The van der Waals surface area contributed by atoms with Gasteiger partial charge < -0.3 is 14.8 Å². The fraction of sp³-hybridized carbons (Fsp3) is 0.263. The maximum absolute atomic E-state index is 13.7. The van der Waals surface area contributed by atoms with Crippen molar-refractivity contribution in [3.8, 4) is 11.5 Å². The molecule has 2 aromatic rings. The van der Waals surface area contributed by atoms with Gasteiger partial charge >= 0.3 is 0 Å². The van der Waals surface area contributed by atoms with Crippen molar-refractivity contribution in [2.45, 2.75) is 18.4 Å². The van der Waals surface area contributed by atoms with Crippen molar-refractivity contribution in [3.63, 3.8) is 0 Å². The first kappa shape index (κ1) is 14.3. The third-order valence-electron chi connectivity index (χ3n) is 5.15. The molecule has 0 bridgehead atoms. The summed E-state index contributed by atoms with van der Waals surface area (Å²) in [6, 6.07) is 9.15. The van der Waals surface area contributed by atoms with Crippen molar-refractivity contribution < 1.29 is 13.9 Å². The lowest BCUT2D eigenvalue weighted by atomic mass is 9.77. The van der Waals surface area contributed by atoms with Crippen LogP contribution in [-0.2, 0) is 0 Å². The van der Waals surface area contributed by atoms with Gasteiger partial charge in [-0.05, 0) is 53.8 Å². The molecule has 1 N–H and O–H groups in total. The number of hydrogen-bond acceptors (Lipinski definition) is 3. The molecule has 122 valence electrons. The molecule has 5 rings (SSSR count). The van der Waals surface area contributed by atoms with Crippen molar-refractivity contribution in [1.29, 1.82) is 0 Å². The highest BCUT2D eigenvalue weighted by atomic mass is 79.9. The van der Waals surface area contributed by atoms with E-state index in [1.165, 1.54) is 6.07 Å². The van der Waals surface area contributed by atoms with E-state index in [9.17, 15) is 4.39 Å². The van der Waals surface area contributed by atoms with Gasteiger partial charge in [0.15, 0.2) is 11.5 Å². The summed E-state index contributed by atoms with van der Waals surface area (Å²) in [5.41, 5.74) is 3.19. The first-order chi connectivity index (χ1) is 11.7. The molecule has 0 amide bonds. The van der Waals surface area contributed by atoms with Gasteiger partial charge in [-0.2, -0.15) is 0 Å². The maximum atomic E-state index is 13.7. The lowest BCUT2D eigenvalue weighted by Gasteiger charge is -2.38. The van der Waals surface area contributed by atoms with E-state index < -0.39 is 0 Å². The van der Waals surface area contributed by atoms with E-state index in [1.54, 1.807) is 6.07 Å². The van der Waals surface area contributed by atoms with Gasteiger partial charge in [0, 0.05) is 16.1 Å². The molecule has 0 unspecified atom stereocenters. The molecule has 0 saturated heterocycles. The molecule has 3 nitrogen and oxygen atoms in total. The van der Waals surface area contributed by atoms with E-state index in [0.29, 0.717) is 5.92 Å². The standard InChI is InChI=1S/C19H15BrFNO2/c20-15-8-18-17(23-9-24-18)7-14(15)19-12-3-1-2-11(12)13-6-10(21)4-5-16(13)22-19/h1-2,4-8,11-12,19,22H,3,9H2/t11-,12+,19+/m0/s1. The fourth-order valence-corrected chi connectivity index (χ4v) is 4.61. The molecule has 0 aromatic heterocycles. The van der Waals surface area contributed by atoms with E-state index in [1.807, 2.05) is 18.2 Å². The molecule has 3 aliphatic rings. The molecule has 3 atom stereocenters. The Hall–Kier alpha value is -2.01. The number of benzene rings is 2. The monoisotopic (exact) mass is 387 g/mol. The largest absolute Gasteiger partial charge is 0.454 e. The smallest absolute Gasteiger partial charge is 0.231 e. The minimum atomic E-state index is -0.183. The predicted octanol–water partition coefficient (Wildman–Crippen LogP) is 5.14. The van der Waals surface area contributed by atoms with Crippen LogP contribution in [0.15, 0.2) is 47.0 Å². The topological polar surface area (TPSA) is 30.5 Å². The van der Waals surface area contributed by atoms with Gasteiger partial charge in [0.2, 0.25) is 6.79 Å². The van der Waals surface area contributed by atoms with Gasteiger partial charge in [-0.25, -0.2) is 4.39 Å². The highest BCUT2D eigenvalue weighted by Crippen LogP contribution is 2.52. The molecule has 5 heteroatoms. The van der Waals surface area contributed by atoms with Crippen LogP contribution in [0.3, 0.4) is 0 Å². The van der Waals surface area contributed by atoms with Crippen LogP contribution in [0.2, 0.25) is 0 Å². The first-order valence-corrected chi connectivity index (χ1v) is 8.82. The van der Waals surface area contributed by atoms with E-state index in [2.05, 4.69) is 33.4 Å². The lowest BCUT2D eigenvalue weighted by Crippen LogP contribution is -2.29. The van der Waals surface area contributed by atoms with Crippen molar-refractivity contribution in [3.05, 3.63) is 63.9 Å². The Kier molecular flexibility index (Phi) is 3.13. The van der Waals surface area contributed by atoms with Crippen LogP contribution >= 0.6 is 15.9 Å². The summed E-state index contributed by atoms with van der Waals surface area (Å²) >= 11 is 3.68. The SMILES string of the molecule is Fc1ccc2c(c1)[C@H]1C=CC[C@H]1[C@H](c1cc3c(cc1Br)OCO3)N2. The number of hydrogen-bond donors (Lipinski definition) is 1. The van der Waals surface area contributed by atoms with E-state index >= 15 is 0 Å². The second-order valence-electron chi connectivity index (χ2n) is 6.43. The average molecular weight is 388 g/mol. The summed E-state index contributed by atoms with van der Waals surface area (Å²) in [6.07, 6.45) is 5.38. The van der Waals surface area contributed by atoms with Crippen LogP contribution in [0.5, 0.6) is 11.5 Å². The van der Waals surface area contributed by atoms with Crippen LogP contribution in [0, 0.1) is 11.7 Å². The molecule has 0 fully saturated rings. The molecule has 1 aliphatic carbocycles. The second-order valence-corrected chi connectivity index (χ2v) is 7.29. The van der Waals surface area contributed by atoms with Gasteiger partial charge in [0.25, 0.3) is 0 Å². The summed E-state index contributed by atoms with van der Waals surface area (Å²) in [7, 11) is 0. The zero-order valence-corrected chi connectivity index (χ0v) is 14.3. The summed E-state index contributed by atoms with van der Waals surface area (Å²) in [6.45, 7) is 0.263. The third-order valence-corrected chi connectivity index (χ3v) is 5.84. The van der Waals surface area contributed by atoms with Crippen molar-refractivity contribution in [2.75, 3.05) is 12.1 Å². The van der Waals surface area contributed by atoms with Crippen molar-refractivity contribution in [2.24, 2.45) is 5.92 Å². The molecule has 24 heavy (non-hydrogen) atoms. The zero-order valence-electron chi connectivity index (χ0n) is 12.8. The number of halogens is 2. The number of allylic oxidation sites excluding steroid dienone is 2. The number of rotatable bonds is 1. The van der Waals surface area contributed by atoms with Crippen LogP contribution in [-0.4, -0.2) is 6.79 Å². The summed E-state index contributed by atoms with van der Waals surface area (Å²) in [4.78, 5) is 0. The van der Waals surface area contributed by atoms with Crippen LogP contribution in [0.1, 0.15) is 29.5 Å². The second kappa shape index (κ2) is 5.24. The van der Waals surface area contributed by atoms with Gasteiger partial charge in [0.1, 0.15) is 5.82 Å². The van der Waals surface area contributed by atoms with E-state index in [0.717, 1.165) is 39.2 Å². The maximum Gasteiger partial charge on any atom is 0.231 e. The molecule has 0 saturated carbocycles. The molecule has 0 radical (unpaired) electrons. The average Bonchev–Trinajstić information content (AvgIpc) is 3.22. The Labute approximate surface area is 147 Å². The normalized spacial score (nSPS) is 26.0. The fourth-order valence-electron chi connectivity index (χ4n) is 4.04. The molecule has 2 aliphatic heterocycles. The lowest BCUT2D eigenvalue weighted by molar-refractivity contribution is 0.174. The predicted molar refractivity (Wildman–Crippen MR) is 93.0 cm³/mol. The van der Waals surface area contributed by atoms with Crippen molar-refractivity contribution in [1.82, 2.24) is 0 Å². The summed E-state index contributed by atoms with van der Waals surface area (Å²) in [5.74, 6) is 1.96. The molecule has 2 heterocycles. The number of anilines is 1. The Morgan fingerprint density at radius 2 is 1.92 bits per heavy atom. The van der Waals surface area contributed by atoms with Crippen molar-refractivity contribution >= 4 is 21.6 Å². The molecular weight excluding hydrogens is 373 g/mol. The van der Waals surface area contributed by atoms with Gasteiger partial charge in [-0.15, -0.1) is 0 Å². The van der Waals surface area contributed by atoms with Crippen LogP contribution in [0.25, 0.3) is 0 Å². The number of nitrogens with one attached hydrogen (secondary N) is 1. The highest BCUT2D eigenvalue weighted by molar-refractivity contribution is 9.10. The summed E-state index contributed by atoms with van der Waals surface area (Å²) in [5, 5.41) is 3.61. The van der Waals surface area contributed by atoms with Gasteiger partial charge in [0.05, 0.1) is 6.04 Å². The minimum absolute atomic E-state index is 0.131. The van der Waals surface area contributed by atoms with E-state index in [4.69, 9.17) is 9.47 Å². The number of fused-ring (bicyclic) bond motifs is 4. The van der Waals surface area contributed by atoms with Crippen LogP contribution in [0.4, 0.5) is 10.1 Å². The third kappa shape index (κ3) is 2.07. The zero-order chi connectivity index (χ0) is 16.3. The number of ether oxygens (including phenoxy) is 2. The Morgan fingerprint density at radius 1 is 1.08 bits per heavy atom. The van der Waals surface area contributed by atoms with Gasteiger partial charge in [-0.3, -0.25) is 0 Å². The van der Waals surface area contributed by atoms with Crippen LogP contribution < -0.4 is 14.8 Å². The highest BCUT2D eigenvalue weighted by Gasteiger charge is 2.39. The molecule has 0 spiro atoms. The van der Waals surface area contributed by atoms with Gasteiger partial charge in [-0.1, -0.05) is 28.1 Å². The van der Waals surface area contributed by atoms with E-state index in [-0.39, 0.29) is 24.6 Å². The Morgan fingerprint density at radius 3 is 2.79 bits per heavy atom. The molecular formula is C19H15BrFNO2. The quantitative estimate of drug-likeness (QED) is 0.686. The Balaban J connectivity index is 1.61.